The van der Waals surface area contributed by atoms with Crippen LogP contribution in [0.4, 0.5) is 0 Å². The van der Waals surface area contributed by atoms with Crippen LogP contribution >= 0.6 is 0 Å². The van der Waals surface area contributed by atoms with Crippen molar-refractivity contribution in [2.45, 2.75) is 13.8 Å². The first-order valence-corrected chi connectivity index (χ1v) is 3.56. The Bertz CT molecular complexity index is 134. The molecule has 63 valence electrons. The van der Waals surface area contributed by atoms with Crippen molar-refractivity contribution >= 4 is 12.3 Å². The van der Waals surface area contributed by atoms with E-state index in [9.17, 15) is 9.59 Å². The Balaban J connectivity index is 3.24. The SMILES string of the molecule is CC(C)C(=O)NCCN[C]=O. The summed E-state index contributed by atoms with van der Waals surface area (Å²) in [6.07, 6.45) is 1.52. The highest BCUT2D eigenvalue weighted by Gasteiger charge is 2.03. The first kappa shape index (κ1) is 9.94. The Morgan fingerprint density at radius 1 is 1.45 bits per heavy atom. The summed E-state index contributed by atoms with van der Waals surface area (Å²) in [5, 5.41) is 4.96. The molecule has 0 unspecified atom stereocenters. The van der Waals surface area contributed by atoms with Crippen LogP contribution in [0.1, 0.15) is 13.8 Å². The molecular weight excluding hydrogens is 144 g/mol. The zero-order valence-electron chi connectivity index (χ0n) is 6.81. The third kappa shape index (κ3) is 5.39. The molecule has 2 amide bonds. The zero-order chi connectivity index (χ0) is 8.69. The van der Waals surface area contributed by atoms with Gasteiger partial charge in [0.1, 0.15) is 0 Å². The summed E-state index contributed by atoms with van der Waals surface area (Å²) >= 11 is 0. The van der Waals surface area contributed by atoms with Crippen LogP contribution in [0.25, 0.3) is 0 Å². The number of carbonyl (C=O) groups is 1. The molecule has 0 aliphatic carbocycles. The fourth-order valence-corrected chi connectivity index (χ4v) is 0.503. The van der Waals surface area contributed by atoms with Crippen LogP contribution in [-0.4, -0.2) is 25.4 Å². The summed E-state index contributed by atoms with van der Waals surface area (Å²) in [6.45, 7) is 4.53. The van der Waals surface area contributed by atoms with Gasteiger partial charge in [-0.1, -0.05) is 13.8 Å². The number of hydrogen-bond donors (Lipinski definition) is 2. The topological polar surface area (TPSA) is 58.2 Å². The van der Waals surface area contributed by atoms with Crippen molar-refractivity contribution in [1.29, 1.82) is 0 Å². The van der Waals surface area contributed by atoms with Gasteiger partial charge in [0.25, 0.3) is 0 Å². The predicted octanol–water partition coefficient (Wildman–Crippen LogP) is -0.585. The lowest BCUT2D eigenvalue weighted by molar-refractivity contribution is -0.123. The lowest BCUT2D eigenvalue weighted by Gasteiger charge is -2.05. The van der Waals surface area contributed by atoms with E-state index >= 15 is 0 Å². The highest BCUT2D eigenvalue weighted by molar-refractivity contribution is 5.77. The van der Waals surface area contributed by atoms with Gasteiger partial charge >= 0.3 is 6.41 Å². The lowest BCUT2D eigenvalue weighted by atomic mass is 10.2. The minimum absolute atomic E-state index is 0.00213. The fraction of sp³-hybridized carbons (Fsp3) is 0.714. The molecule has 4 heteroatoms. The van der Waals surface area contributed by atoms with E-state index < -0.39 is 0 Å². The van der Waals surface area contributed by atoms with Gasteiger partial charge < -0.3 is 10.6 Å². The molecule has 0 saturated carbocycles. The van der Waals surface area contributed by atoms with E-state index in [0.29, 0.717) is 13.1 Å². The molecule has 2 N–H and O–H groups in total. The van der Waals surface area contributed by atoms with Crippen LogP contribution in [0.15, 0.2) is 0 Å². The Kier molecular flexibility index (Phi) is 5.15. The molecule has 0 saturated heterocycles. The Hall–Kier alpha value is -1.06. The molecule has 0 fully saturated rings. The van der Waals surface area contributed by atoms with Gasteiger partial charge in [-0.3, -0.25) is 9.59 Å². The molecule has 0 spiro atoms. The summed E-state index contributed by atoms with van der Waals surface area (Å²) in [5.41, 5.74) is 0. The number of hydrogen-bond acceptors (Lipinski definition) is 2. The molecule has 0 heterocycles. The Morgan fingerprint density at radius 2 is 2.09 bits per heavy atom. The molecule has 11 heavy (non-hydrogen) atoms. The van der Waals surface area contributed by atoms with E-state index in [1.807, 2.05) is 13.8 Å². The first-order chi connectivity index (χ1) is 5.18. The van der Waals surface area contributed by atoms with Crippen LogP contribution < -0.4 is 10.6 Å². The minimum atomic E-state index is -0.00443. The van der Waals surface area contributed by atoms with Crippen molar-refractivity contribution in [1.82, 2.24) is 10.6 Å². The van der Waals surface area contributed by atoms with E-state index in [4.69, 9.17) is 0 Å². The molecule has 0 aromatic carbocycles. The van der Waals surface area contributed by atoms with Gasteiger partial charge in [-0.25, -0.2) is 0 Å². The third-order valence-corrected chi connectivity index (χ3v) is 1.15. The average Bonchev–Trinajstić information content (AvgIpc) is 1.97. The second-order valence-electron chi connectivity index (χ2n) is 2.47. The summed E-state index contributed by atoms with van der Waals surface area (Å²) in [4.78, 5) is 20.5. The van der Waals surface area contributed by atoms with Crippen molar-refractivity contribution in [3.63, 3.8) is 0 Å². The molecule has 0 aliphatic heterocycles. The van der Waals surface area contributed by atoms with E-state index in [-0.39, 0.29) is 11.8 Å². The molecule has 1 radical (unpaired) electrons. The van der Waals surface area contributed by atoms with Gasteiger partial charge in [0.2, 0.25) is 5.91 Å². The second-order valence-corrected chi connectivity index (χ2v) is 2.47. The monoisotopic (exact) mass is 157 g/mol. The van der Waals surface area contributed by atoms with E-state index in [1.165, 1.54) is 6.41 Å². The Morgan fingerprint density at radius 3 is 2.55 bits per heavy atom. The highest BCUT2D eigenvalue weighted by atomic mass is 16.2. The molecule has 0 atom stereocenters. The maximum Gasteiger partial charge on any atom is 0.309 e. The van der Waals surface area contributed by atoms with Gasteiger partial charge in [0.15, 0.2) is 0 Å². The van der Waals surface area contributed by atoms with Crippen molar-refractivity contribution in [3.05, 3.63) is 0 Å². The zero-order valence-corrected chi connectivity index (χ0v) is 6.81. The fourth-order valence-electron chi connectivity index (χ4n) is 0.503. The number of amides is 2. The van der Waals surface area contributed by atoms with Gasteiger partial charge in [-0.05, 0) is 0 Å². The van der Waals surface area contributed by atoms with Gasteiger partial charge in [-0.2, -0.15) is 0 Å². The summed E-state index contributed by atoms with van der Waals surface area (Å²) in [6, 6.07) is 0. The number of carbonyl (C=O) groups excluding carboxylic acids is 2. The molecule has 0 aromatic rings. The normalized spacial score (nSPS) is 9.36. The highest BCUT2D eigenvalue weighted by Crippen LogP contribution is 1.88. The van der Waals surface area contributed by atoms with Crippen LogP contribution in [0.2, 0.25) is 0 Å². The van der Waals surface area contributed by atoms with Crippen LogP contribution in [-0.2, 0) is 9.59 Å². The third-order valence-electron chi connectivity index (χ3n) is 1.15. The largest absolute Gasteiger partial charge is 0.354 e. The van der Waals surface area contributed by atoms with Gasteiger partial charge in [-0.15, -0.1) is 0 Å². The average molecular weight is 157 g/mol. The van der Waals surface area contributed by atoms with Crippen LogP contribution in [0.3, 0.4) is 0 Å². The summed E-state index contributed by atoms with van der Waals surface area (Å²) in [7, 11) is 0. The van der Waals surface area contributed by atoms with E-state index in [2.05, 4.69) is 10.6 Å². The molecule has 0 aromatic heterocycles. The number of rotatable bonds is 5. The van der Waals surface area contributed by atoms with Crippen molar-refractivity contribution in [3.8, 4) is 0 Å². The standard InChI is InChI=1S/C7H13N2O2/c1-6(2)7(11)9-4-3-8-5-10/h6H,3-4H2,1-2H3,(H,8,10)(H,9,11). The maximum atomic E-state index is 10.9. The lowest BCUT2D eigenvalue weighted by Crippen LogP contribution is -2.33. The molecular formula is C7H13N2O2. The predicted molar refractivity (Wildman–Crippen MR) is 41.5 cm³/mol. The minimum Gasteiger partial charge on any atom is -0.354 e. The first-order valence-electron chi connectivity index (χ1n) is 3.56. The van der Waals surface area contributed by atoms with Crippen molar-refractivity contribution in [2.75, 3.05) is 13.1 Å². The quantitative estimate of drug-likeness (QED) is 0.414. The molecule has 4 nitrogen and oxygen atoms in total. The molecule has 0 rings (SSSR count). The van der Waals surface area contributed by atoms with Crippen LogP contribution in [0.5, 0.6) is 0 Å². The van der Waals surface area contributed by atoms with E-state index in [1.54, 1.807) is 0 Å². The summed E-state index contributed by atoms with van der Waals surface area (Å²) in [5.74, 6) is -0.00657. The molecule has 0 aliphatic rings. The summed E-state index contributed by atoms with van der Waals surface area (Å²) < 4.78 is 0. The smallest absolute Gasteiger partial charge is 0.309 e. The van der Waals surface area contributed by atoms with Crippen LogP contribution in [0, 0.1) is 5.92 Å². The van der Waals surface area contributed by atoms with Gasteiger partial charge in [0, 0.05) is 19.0 Å². The molecule has 0 bridgehead atoms. The van der Waals surface area contributed by atoms with Crippen molar-refractivity contribution < 1.29 is 9.59 Å². The number of nitrogens with one attached hydrogen (secondary N) is 2. The van der Waals surface area contributed by atoms with Gasteiger partial charge in [0.05, 0.1) is 0 Å². The van der Waals surface area contributed by atoms with Crippen molar-refractivity contribution in [2.24, 2.45) is 5.92 Å². The second kappa shape index (κ2) is 5.70. The Labute approximate surface area is 66.4 Å². The van der Waals surface area contributed by atoms with E-state index in [0.717, 1.165) is 0 Å². The maximum absolute atomic E-state index is 10.9.